The molecule has 0 radical (unpaired) electrons. The van der Waals surface area contributed by atoms with E-state index in [1.165, 1.54) is 0 Å². The molecule has 0 aromatic carbocycles. The Kier molecular flexibility index (Phi) is 4.55. The third-order valence-corrected chi connectivity index (χ3v) is 2.75. The molecule has 0 saturated heterocycles. The number of furan rings is 1. The number of carboxylic acids is 1. The molecule has 1 heterocycles. The minimum Gasteiger partial charge on any atom is -0.478 e. The van der Waals surface area contributed by atoms with E-state index in [0.717, 1.165) is 12.8 Å². The zero-order chi connectivity index (χ0) is 12.1. The number of nitrogens with one attached hydrogen (secondary N) is 1. The summed E-state index contributed by atoms with van der Waals surface area (Å²) in [6.07, 6.45) is 2.12. The highest BCUT2D eigenvalue weighted by atomic mass is 16.4. The molecule has 0 fully saturated rings. The molecule has 2 N–H and O–H groups in total. The minimum absolute atomic E-state index is 0.251. The lowest BCUT2D eigenvalue weighted by molar-refractivity contribution is 0.0695. The summed E-state index contributed by atoms with van der Waals surface area (Å²) < 4.78 is 5.37. The van der Waals surface area contributed by atoms with Gasteiger partial charge in [0.05, 0.1) is 6.54 Å². The molecule has 0 saturated carbocycles. The first-order valence-electron chi connectivity index (χ1n) is 5.64. The van der Waals surface area contributed by atoms with Crippen LogP contribution >= 0.6 is 0 Å². The SMILES string of the molecule is CCC(CC)NCc1cc(C(=O)O)c(C)o1. The smallest absolute Gasteiger partial charge is 0.339 e. The van der Waals surface area contributed by atoms with Crippen molar-refractivity contribution in [2.24, 2.45) is 0 Å². The highest BCUT2D eigenvalue weighted by Gasteiger charge is 2.13. The molecule has 1 rings (SSSR count). The van der Waals surface area contributed by atoms with Crippen molar-refractivity contribution in [3.8, 4) is 0 Å². The van der Waals surface area contributed by atoms with Crippen LogP contribution in [0.1, 0.15) is 48.6 Å². The number of carboxylic acid groups (broad SMARTS) is 1. The maximum absolute atomic E-state index is 10.8. The van der Waals surface area contributed by atoms with Crippen LogP contribution in [0.4, 0.5) is 0 Å². The summed E-state index contributed by atoms with van der Waals surface area (Å²) in [5, 5.41) is 12.2. The van der Waals surface area contributed by atoms with Crippen molar-refractivity contribution in [1.82, 2.24) is 5.32 Å². The van der Waals surface area contributed by atoms with Crippen LogP contribution in [0.5, 0.6) is 0 Å². The Morgan fingerprint density at radius 3 is 2.56 bits per heavy atom. The van der Waals surface area contributed by atoms with Crippen molar-refractivity contribution in [3.05, 3.63) is 23.2 Å². The average molecular weight is 225 g/mol. The fourth-order valence-electron chi connectivity index (χ4n) is 1.67. The van der Waals surface area contributed by atoms with E-state index in [-0.39, 0.29) is 5.56 Å². The molecule has 0 bridgehead atoms. The third kappa shape index (κ3) is 3.10. The second kappa shape index (κ2) is 5.70. The Morgan fingerprint density at radius 1 is 1.50 bits per heavy atom. The van der Waals surface area contributed by atoms with Gasteiger partial charge in [0.2, 0.25) is 0 Å². The number of hydrogen-bond donors (Lipinski definition) is 2. The molecule has 4 heteroatoms. The van der Waals surface area contributed by atoms with Gasteiger partial charge in [0.1, 0.15) is 17.1 Å². The summed E-state index contributed by atoms with van der Waals surface area (Å²) in [6.45, 7) is 6.50. The Hall–Kier alpha value is -1.29. The van der Waals surface area contributed by atoms with Gasteiger partial charge in [0, 0.05) is 6.04 Å². The van der Waals surface area contributed by atoms with Crippen LogP contribution in [0.15, 0.2) is 10.5 Å². The Bertz CT molecular complexity index is 353. The molecule has 0 spiro atoms. The van der Waals surface area contributed by atoms with Crippen LogP contribution in [0, 0.1) is 6.92 Å². The van der Waals surface area contributed by atoms with Crippen LogP contribution in [-0.2, 0) is 6.54 Å². The van der Waals surface area contributed by atoms with E-state index in [0.29, 0.717) is 24.1 Å². The molecule has 0 aliphatic rings. The van der Waals surface area contributed by atoms with Crippen molar-refractivity contribution in [3.63, 3.8) is 0 Å². The predicted molar refractivity (Wildman–Crippen MR) is 61.6 cm³/mol. The van der Waals surface area contributed by atoms with Crippen molar-refractivity contribution >= 4 is 5.97 Å². The number of carbonyl (C=O) groups is 1. The fourth-order valence-corrected chi connectivity index (χ4v) is 1.67. The highest BCUT2D eigenvalue weighted by Crippen LogP contribution is 2.14. The molecule has 4 nitrogen and oxygen atoms in total. The van der Waals surface area contributed by atoms with Crippen LogP contribution < -0.4 is 5.32 Å². The van der Waals surface area contributed by atoms with E-state index >= 15 is 0 Å². The number of aromatic carboxylic acids is 1. The molecule has 0 amide bonds. The van der Waals surface area contributed by atoms with Gasteiger partial charge in [-0.2, -0.15) is 0 Å². The van der Waals surface area contributed by atoms with Gasteiger partial charge in [-0.1, -0.05) is 13.8 Å². The van der Waals surface area contributed by atoms with Gasteiger partial charge in [0.25, 0.3) is 0 Å². The van der Waals surface area contributed by atoms with Crippen LogP contribution in [0.2, 0.25) is 0 Å². The highest BCUT2D eigenvalue weighted by molar-refractivity contribution is 5.88. The summed E-state index contributed by atoms with van der Waals surface area (Å²) >= 11 is 0. The monoisotopic (exact) mass is 225 g/mol. The molecule has 0 aliphatic carbocycles. The minimum atomic E-state index is -0.935. The van der Waals surface area contributed by atoms with E-state index in [9.17, 15) is 4.79 Å². The number of aryl methyl sites for hydroxylation is 1. The van der Waals surface area contributed by atoms with Crippen LogP contribution in [-0.4, -0.2) is 17.1 Å². The van der Waals surface area contributed by atoms with E-state index < -0.39 is 5.97 Å². The molecule has 0 atom stereocenters. The lowest BCUT2D eigenvalue weighted by Gasteiger charge is -2.12. The van der Waals surface area contributed by atoms with Crippen LogP contribution in [0.25, 0.3) is 0 Å². The summed E-state index contributed by atoms with van der Waals surface area (Å²) in [7, 11) is 0. The Balaban J connectivity index is 2.61. The first kappa shape index (κ1) is 12.8. The predicted octanol–water partition coefficient (Wildman–Crippen LogP) is 2.56. The standard InChI is InChI=1S/C12H19NO3/c1-4-9(5-2)13-7-10-6-11(12(14)15)8(3)16-10/h6,9,13H,4-5,7H2,1-3H3,(H,14,15). The van der Waals surface area contributed by atoms with Gasteiger partial charge in [-0.05, 0) is 25.8 Å². The number of hydrogen-bond acceptors (Lipinski definition) is 3. The Labute approximate surface area is 95.7 Å². The first-order valence-corrected chi connectivity index (χ1v) is 5.64. The molecule has 16 heavy (non-hydrogen) atoms. The normalized spacial score (nSPS) is 11.0. The zero-order valence-corrected chi connectivity index (χ0v) is 10.0. The summed E-state index contributed by atoms with van der Waals surface area (Å²) in [5.41, 5.74) is 0.251. The van der Waals surface area contributed by atoms with E-state index in [1.54, 1.807) is 13.0 Å². The lowest BCUT2D eigenvalue weighted by atomic mass is 10.2. The first-order chi connectivity index (χ1) is 7.58. The van der Waals surface area contributed by atoms with Crippen molar-refractivity contribution < 1.29 is 14.3 Å². The molecule has 90 valence electrons. The van der Waals surface area contributed by atoms with Crippen molar-refractivity contribution in [1.29, 1.82) is 0 Å². The fraction of sp³-hybridized carbons (Fsp3) is 0.583. The average Bonchev–Trinajstić information content (AvgIpc) is 2.61. The van der Waals surface area contributed by atoms with Crippen molar-refractivity contribution in [2.75, 3.05) is 0 Å². The van der Waals surface area contributed by atoms with Gasteiger partial charge < -0.3 is 14.8 Å². The van der Waals surface area contributed by atoms with E-state index in [4.69, 9.17) is 9.52 Å². The molecule has 1 aromatic rings. The van der Waals surface area contributed by atoms with Crippen LogP contribution in [0.3, 0.4) is 0 Å². The van der Waals surface area contributed by atoms with Gasteiger partial charge >= 0.3 is 5.97 Å². The third-order valence-electron chi connectivity index (χ3n) is 2.75. The topological polar surface area (TPSA) is 62.5 Å². The second-order valence-electron chi connectivity index (χ2n) is 3.88. The van der Waals surface area contributed by atoms with Gasteiger partial charge in [0.15, 0.2) is 0 Å². The van der Waals surface area contributed by atoms with Crippen molar-refractivity contribution in [2.45, 2.75) is 46.2 Å². The van der Waals surface area contributed by atoms with Gasteiger partial charge in [-0.15, -0.1) is 0 Å². The Morgan fingerprint density at radius 2 is 2.12 bits per heavy atom. The molecule has 0 aliphatic heterocycles. The largest absolute Gasteiger partial charge is 0.478 e. The van der Waals surface area contributed by atoms with E-state index in [1.807, 2.05) is 0 Å². The maximum Gasteiger partial charge on any atom is 0.339 e. The lowest BCUT2D eigenvalue weighted by Crippen LogP contribution is -2.26. The van der Waals surface area contributed by atoms with E-state index in [2.05, 4.69) is 19.2 Å². The summed E-state index contributed by atoms with van der Waals surface area (Å²) in [5.74, 6) is 0.214. The molecule has 1 aromatic heterocycles. The van der Waals surface area contributed by atoms with Gasteiger partial charge in [-0.25, -0.2) is 4.79 Å². The summed E-state index contributed by atoms with van der Waals surface area (Å²) in [4.78, 5) is 10.8. The molecule has 0 unspecified atom stereocenters. The zero-order valence-electron chi connectivity index (χ0n) is 10.0. The molecular formula is C12H19NO3. The van der Waals surface area contributed by atoms with Gasteiger partial charge in [-0.3, -0.25) is 0 Å². The maximum atomic E-state index is 10.8. The summed E-state index contributed by atoms with van der Waals surface area (Å²) in [6, 6.07) is 2.05. The quantitative estimate of drug-likeness (QED) is 0.781. The number of rotatable bonds is 6. The second-order valence-corrected chi connectivity index (χ2v) is 3.88. The molecular weight excluding hydrogens is 206 g/mol.